The van der Waals surface area contributed by atoms with E-state index >= 15 is 0 Å². The fraction of sp³-hybridized carbons (Fsp3) is 0.667. The molecule has 1 atom stereocenters. The van der Waals surface area contributed by atoms with Crippen LogP contribution < -0.4 is 10.2 Å². The highest BCUT2D eigenvalue weighted by Gasteiger charge is 2.31. The van der Waals surface area contributed by atoms with Crippen molar-refractivity contribution in [3.05, 3.63) is 18.1 Å². The van der Waals surface area contributed by atoms with Gasteiger partial charge in [-0.05, 0) is 32.4 Å². The molecule has 1 heterocycles. The largest absolute Gasteiger partial charge is 0.353 e. The molecule has 1 aromatic heterocycles. The van der Waals surface area contributed by atoms with Gasteiger partial charge in [0, 0.05) is 31.5 Å². The summed E-state index contributed by atoms with van der Waals surface area (Å²) < 4.78 is 0. The van der Waals surface area contributed by atoms with Gasteiger partial charge >= 0.3 is 0 Å². The summed E-state index contributed by atoms with van der Waals surface area (Å²) in [5.74, 6) is 0.694. The van der Waals surface area contributed by atoms with Crippen LogP contribution in [0.1, 0.15) is 45.7 Å². The van der Waals surface area contributed by atoms with Gasteiger partial charge < -0.3 is 10.2 Å². The summed E-state index contributed by atoms with van der Waals surface area (Å²) in [6.45, 7) is 9.09. The standard InChI is InChI=1S/C18H28N6O/c1-4-16(23(5-2)6-3)18(25)22-11-12-24(14-7-8-14)17-15(13-19)20-9-10-21-17/h9-10,14,16H,4-8,11-12H2,1-3H3,(H,22,25). The molecule has 1 N–H and O–H groups in total. The molecule has 1 aliphatic carbocycles. The Morgan fingerprint density at radius 3 is 2.56 bits per heavy atom. The minimum atomic E-state index is -0.0874. The number of nitrogens with zero attached hydrogens (tertiary/aromatic N) is 5. The van der Waals surface area contributed by atoms with E-state index in [2.05, 4.69) is 45.0 Å². The van der Waals surface area contributed by atoms with E-state index in [9.17, 15) is 10.1 Å². The van der Waals surface area contributed by atoms with Crippen molar-refractivity contribution in [2.24, 2.45) is 0 Å². The molecule has 0 radical (unpaired) electrons. The van der Waals surface area contributed by atoms with Crippen LogP contribution in [0.5, 0.6) is 0 Å². The number of nitrogens with one attached hydrogen (secondary N) is 1. The second-order valence-corrected chi connectivity index (χ2v) is 6.20. The molecular weight excluding hydrogens is 316 g/mol. The van der Waals surface area contributed by atoms with Crippen molar-refractivity contribution < 1.29 is 4.79 Å². The van der Waals surface area contributed by atoms with Crippen molar-refractivity contribution in [1.29, 1.82) is 5.26 Å². The zero-order chi connectivity index (χ0) is 18.2. The summed E-state index contributed by atoms with van der Waals surface area (Å²) in [4.78, 5) is 25.2. The van der Waals surface area contributed by atoms with Crippen molar-refractivity contribution in [1.82, 2.24) is 20.2 Å². The summed E-state index contributed by atoms with van der Waals surface area (Å²) in [5.41, 5.74) is 0.343. The lowest BCUT2D eigenvalue weighted by Crippen LogP contribution is -2.48. The van der Waals surface area contributed by atoms with E-state index in [0.717, 1.165) is 32.4 Å². The normalized spacial score (nSPS) is 14.8. The Kier molecular flexibility index (Phi) is 7.14. The number of rotatable bonds is 10. The number of hydrogen-bond donors (Lipinski definition) is 1. The molecule has 7 nitrogen and oxygen atoms in total. The van der Waals surface area contributed by atoms with Gasteiger partial charge in [-0.2, -0.15) is 5.26 Å². The van der Waals surface area contributed by atoms with Crippen LogP contribution in [-0.2, 0) is 4.79 Å². The number of anilines is 1. The van der Waals surface area contributed by atoms with Gasteiger partial charge in [-0.15, -0.1) is 0 Å². The van der Waals surface area contributed by atoms with Crippen molar-refractivity contribution >= 4 is 11.7 Å². The zero-order valence-electron chi connectivity index (χ0n) is 15.4. The molecule has 0 bridgehead atoms. The van der Waals surface area contributed by atoms with Crippen LogP contribution in [-0.4, -0.2) is 59.0 Å². The summed E-state index contributed by atoms with van der Waals surface area (Å²) in [7, 11) is 0. The van der Waals surface area contributed by atoms with Gasteiger partial charge in [-0.25, -0.2) is 9.97 Å². The molecule has 1 aliphatic rings. The lowest BCUT2D eigenvalue weighted by molar-refractivity contribution is -0.126. The van der Waals surface area contributed by atoms with E-state index in [1.54, 1.807) is 6.20 Å². The van der Waals surface area contributed by atoms with Crippen LogP contribution >= 0.6 is 0 Å². The predicted molar refractivity (Wildman–Crippen MR) is 97.1 cm³/mol. The van der Waals surface area contributed by atoms with Crippen LogP contribution in [0.4, 0.5) is 5.82 Å². The molecule has 1 saturated carbocycles. The average molecular weight is 344 g/mol. The number of carbonyl (C=O) groups excluding carboxylic acids is 1. The lowest BCUT2D eigenvalue weighted by Gasteiger charge is -2.28. The summed E-state index contributed by atoms with van der Waals surface area (Å²) in [6, 6.07) is 2.41. The highest BCUT2D eigenvalue weighted by molar-refractivity contribution is 5.81. The number of aromatic nitrogens is 2. The van der Waals surface area contributed by atoms with Crippen molar-refractivity contribution in [2.45, 2.75) is 52.1 Å². The third kappa shape index (κ3) is 4.89. The maximum absolute atomic E-state index is 12.5. The Morgan fingerprint density at radius 1 is 1.32 bits per heavy atom. The molecule has 1 unspecified atom stereocenters. The Hall–Kier alpha value is -2.20. The maximum atomic E-state index is 12.5. The van der Waals surface area contributed by atoms with E-state index in [0.29, 0.717) is 30.6 Å². The number of likely N-dealkylation sites (N-methyl/N-ethyl adjacent to an activating group) is 1. The quantitative estimate of drug-likeness (QED) is 0.693. The topological polar surface area (TPSA) is 85.1 Å². The highest BCUT2D eigenvalue weighted by Crippen LogP contribution is 2.31. The first-order chi connectivity index (χ1) is 12.2. The summed E-state index contributed by atoms with van der Waals surface area (Å²) >= 11 is 0. The summed E-state index contributed by atoms with van der Waals surface area (Å²) in [5, 5.41) is 12.3. The number of carbonyl (C=O) groups is 1. The Balaban J connectivity index is 1.96. The third-order valence-electron chi connectivity index (χ3n) is 4.64. The van der Waals surface area contributed by atoms with Gasteiger partial charge in [0.05, 0.1) is 6.04 Å². The van der Waals surface area contributed by atoms with Crippen LogP contribution in [0.15, 0.2) is 12.4 Å². The molecule has 2 rings (SSSR count). The minimum absolute atomic E-state index is 0.0709. The second kappa shape index (κ2) is 9.33. The van der Waals surface area contributed by atoms with Gasteiger partial charge in [0.25, 0.3) is 0 Å². The molecule has 0 spiro atoms. The molecule has 0 aliphatic heterocycles. The van der Waals surface area contributed by atoms with Crippen LogP contribution in [0.2, 0.25) is 0 Å². The van der Waals surface area contributed by atoms with Gasteiger partial charge in [0.1, 0.15) is 6.07 Å². The van der Waals surface area contributed by atoms with E-state index < -0.39 is 0 Å². The molecule has 136 valence electrons. The average Bonchev–Trinajstić information content (AvgIpc) is 3.48. The van der Waals surface area contributed by atoms with Crippen LogP contribution in [0.25, 0.3) is 0 Å². The number of hydrogen-bond acceptors (Lipinski definition) is 6. The second-order valence-electron chi connectivity index (χ2n) is 6.20. The predicted octanol–water partition coefficient (Wildman–Crippen LogP) is 1.55. The zero-order valence-corrected chi connectivity index (χ0v) is 15.4. The first kappa shape index (κ1) is 19.1. The first-order valence-electron chi connectivity index (χ1n) is 9.15. The highest BCUT2D eigenvalue weighted by atomic mass is 16.2. The van der Waals surface area contributed by atoms with Crippen LogP contribution in [0.3, 0.4) is 0 Å². The van der Waals surface area contributed by atoms with Crippen molar-refractivity contribution in [2.75, 3.05) is 31.1 Å². The molecule has 1 aromatic rings. The Bertz CT molecular complexity index is 606. The molecule has 7 heteroatoms. The fourth-order valence-electron chi connectivity index (χ4n) is 3.16. The summed E-state index contributed by atoms with van der Waals surface area (Å²) in [6.07, 6.45) is 6.11. The van der Waals surface area contributed by atoms with Gasteiger partial charge in [-0.3, -0.25) is 9.69 Å². The van der Waals surface area contributed by atoms with Crippen LogP contribution in [0, 0.1) is 11.3 Å². The van der Waals surface area contributed by atoms with Gasteiger partial charge in [0.15, 0.2) is 11.5 Å². The van der Waals surface area contributed by atoms with Crippen molar-refractivity contribution in [3.63, 3.8) is 0 Å². The molecular formula is C18H28N6O. The first-order valence-corrected chi connectivity index (χ1v) is 9.15. The molecule has 1 fully saturated rings. The van der Waals surface area contributed by atoms with E-state index in [1.807, 2.05) is 6.92 Å². The molecule has 1 amide bonds. The van der Waals surface area contributed by atoms with Crippen molar-refractivity contribution in [3.8, 4) is 6.07 Å². The number of nitriles is 1. The fourth-order valence-corrected chi connectivity index (χ4v) is 3.16. The molecule has 25 heavy (non-hydrogen) atoms. The van der Waals surface area contributed by atoms with E-state index in [4.69, 9.17) is 0 Å². The Morgan fingerprint density at radius 2 is 2.00 bits per heavy atom. The molecule has 0 saturated heterocycles. The Labute approximate surface area is 150 Å². The SMILES string of the molecule is CCC(C(=O)NCCN(c1nccnc1C#N)C1CC1)N(CC)CC. The third-order valence-corrected chi connectivity index (χ3v) is 4.64. The smallest absolute Gasteiger partial charge is 0.237 e. The van der Waals surface area contributed by atoms with Gasteiger partial charge in [-0.1, -0.05) is 20.8 Å². The monoisotopic (exact) mass is 344 g/mol. The lowest BCUT2D eigenvalue weighted by atomic mass is 10.1. The molecule has 0 aromatic carbocycles. The maximum Gasteiger partial charge on any atom is 0.237 e. The minimum Gasteiger partial charge on any atom is -0.353 e. The number of amides is 1. The van der Waals surface area contributed by atoms with E-state index in [-0.39, 0.29) is 11.9 Å². The van der Waals surface area contributed by atoms with Gasteiger partial charge in [0.2, 0.25) is 5.91 Å². The van der Waals surface area contributed by atoms with E-state index in [1.165, 1.54) is 6.20 Å².